The average Bonchev–Trinajstić information content (AvgIpc) is 3.26. The molecule has 8 nitrogen and oxygen atoms in total. The van der Waals surface area contributed by atoms with E-state index in [1.165, 1.54) is 4.88 Å². The summed E-state index contributed by atoms with van der Waals surface area (Å²) in [6.45, 7) is 12.4. The summed E-state index contributed by atoms with van der Waals surface area (Å²) in [6, 6.07) is 5.32. The fourth-order valence-corrected chi connectivity index (χ4v) is 4.52. The molecule has 0 N–H and O–H groups in total. The predicted octanol–water partition coefficient (Wildman–Crippen LogP) is 1.63. The molecule has 0 unspecified atom stereocenters. The topological polar surface area (TPSA) is 72.1 Å². The van der Waals surface area contributed by atoms with Crippen LogP contribution in [0, 0.1) is 20.8 Å². The Morgan fingerprint density at radius 1 is 1.00 bits per heavy atom. The van der Waals surface area contributed by atoms with Crippen LogP contribution in [-0.2, 0) is 13.1 Å². The van der Waals surface area contributed by atoms with Gasteiger partial charge in [-0.1, -0.05) is 0 Å². The lowest BCUT2D eigenvalue weighted by atomic mass is 10.3. The van der Waals surface area contributed by atoms with Crippen molar-refractivity contribution >= 4 is 11.3 Å². The average molecular weight is 414 g/mol. The Morgan fingerprint density at radius 3 is 2.41 bits per heavy atom. The maximum absolute atomic E-state index is 12.3. The van der Waals surface area contributed by atoms with Crippen LogP contribution >= 0.6 is 11.3 Å². The van der Waals surface area contributed by atoms with E-state index in [9.17, 15) is 4.79 Å². The van der Waals surface area contributed by atoms with Gasteiger partial charge in [-0.05, 0) is 32.9 Å². The number of rotatable bonds is 6. The SMILES string of the molecule is Cc1cc(C)n(-c2ccc(=O)n(CCN3CCN(Cc4cnc(C)s4)CC3)n2)n1. The highest BCUT2D eigenvalue weighted by atomic mass is 32.1. The molecule has 0 radical (unpaired) electrons. The molecule has 0 bridgehead atoms. The van der Waals surface area contributed by atoms with Crippen LogP contribution in [0.4, 0.5) is 0 Å². The normalized spacial score (nSPS) is 15.8. The molecule has 29 heavy (non-hydrogen) atoms. The first-order chi connectivity index (χ1) is 14.0. The fraction of sp³-hybridized carbons (Fsp3) is 0.500. The molecule has 3 aromatic heterocycles. The number of piperazine rings is 1. The number of aryl methyl sites for hydroxylation is 3. The minimum absolute atomic E-state index is 0.0746. The standard InChI is InChI=1S/C20H27N7OS/c1-15-12-16(2)27(22-15)19-4-5-20(28)26(23-19)11-10-24-6-8-25(9-7-24)14-18-13-21-17(3)29-18/h4-5,12-13H,6-11,14H2,1-3H3. The lowest BCUT2D eigenvalue weighted by molar-refractivity contribution is 0.123. The Bertz CT molecular complexity index is 1030. The van der Waals surface area contributed by atoms with E-state index in [-0.39, 0.29) is 5.56 Å². The molecule has 0 aliphatic carbocycles. The molecule has 1 fully saturated rings. The van der Waals surface area contributed by atoms with Crippen molar-refractivity contribution in [1.29, 1.82) is 0 Å². The summed E-state index contributed by atoms with van der Waals surface area (Å²) in [5.74, 6) is 0.680. The quantitative estimate of drug-likeness (QED) is 0.612. The van der Waals surface area contributed by atoms with Gasteiger partial charge in [-0.25, -0.2) is 14.3 Å². The van der Waals surface area contributed by atoms with Gasteiger partial charge in [0, 0.05) is 62.1 Å². The minimum atomic E-state index is -0.0746. The van der Waals surface area contributed by atoms with Crippen molar-refractivity contribution in [1.82, 2.24) is 34.3 Å². The number of hydrogen-bond donors (Lipinski definition) is 0. The van der Waals surface area contributed by atoms with Gasteiger partial charge in [0.25, 0.3) is 5.56 Å². The summed E-state index contributed by atoms with van der Waals surface area (Å²) in [6.07, 6.45) is 1.99. The smallest absolute Gasteiger partial charge is 0.266 e. The second-order valence-electron chi connectivity index (χ2n) is 7.56. The van der Waals surface area contributed by atoms with Crippen LogP contribution in [0.25, 0.3) is 5.82 Å². The Hall–Kier alpha value is -2.36. The van der Waals surface area contributed by atoms with E-state index >= 15 is 0 Å². The maximum Gasteiger partial charge on any atom is 0.266 e. The van der Waals surface area contributed by atoms with Crippen LogP contribution in [0.3, 0.4) is 0 Å². The first kappa shape index (κ1) is 19.9. The van der Waals surface area contributed by atoms with Gasteiger partial charge in [-0.3, -0.25) is 14.6 Å². The van der Waals surface area contributed by atoms with E-state index < -0.39 is 0 Å². The monoisotopic (exact) mass is 413 g/mol. The second-order valence-corrected chi connectivity index (χ2v) is 8.87. The fourth-order valence-electron chi connectivity index (χ4n) is 3.68. The lowest BCUT2D eigenvalue weighted by Crippen LogP contribution is -2.47. The van der Waals surface area contributed by atoms with Crippen molar-refractivity contribution < 1.29 is 0 Å². The van der Waals surface area contributed by atoms with E-state index in [2.05, 4.69) is 25.0 Å². The first-order valence-electron chi connectivity index (χ1n) is 9.96. The molecule has 0 atom stereocenters. The van der Waals surface area contributed by atoms with Crippen molar-refractivity contribution in [3.63, 3.8) is 0 Å². The Morgan fingerprint density at radius 2 is 1.76 bits per heavy atom. The highest BCUT2D eigenvalue weighted by Crippen LogP contribution is 2.15. The van der Waals surface area contributed by atoms with Crippen LogP contribution in [-0.4, -0.2) is 67.1 Å². The lowest BCUT2D eigenvalue weighted by Gasteiger charge is -2.34. The van der Waals surface area contributed by atoms with E-state index in [4.69, 9.17) is 0 Å². The van der Waals surface area contributed by atoms with E-state index in [0.717, 1.165) is 55.7 Å². The summed E-state index contributed by atoms with van der Waals surface area (Å²) in [7, 11) is 0. The number of nitrogens with zero attached hydrogens (tertiary/aromatic N) is 7. The molecule has 0 saturated carbocycles. The van der Waals surface area contributed by atoms with Crippen LogP contribution < -0.4 is 5.56 Å². The van der Waals surface area contributed by atoms with Gasteiger partial charge in [-0.15, -0.1) is 16.4 Å². The highest BCUT2D eigenvalue weighted by Gasteiger charge is 2.18. The number of hydrogen-bond acceptors (Lipinski definition) is 7. The molecule has 1 aliphatic heterocycles. The van der Waals surface area contributed by atoms with Crippen LogP contribution in [0.2, 0.25) is 0 Å². The van der Waals surface area contributed by atoms with E-state index in [1.54, 1.807) is 32.8 Å². The second kappa shape index (κ2) is 8.56. The van der Waals surface area contributed by atoms with E-state index in [0.29, 0.717) is 12.4 Å². The molecule has 0 spiro atoms. The molecular formula is C20H27N7OS. The summed E-state index contributed by atoms with van der Waals surface area (Å²) >= 11 is 1.77. The molecule has 0 aromatic carbocycles. The van der Waals surface area contributed by atoms with Gasteiger partial charge in [0.15, 0.2) is 5.82 Å². The summed E-state index contributed by atoms with van der Waals surface area (Å²) in [5.41, 5.74) is 1.87. The largest absolute Gasteiger partial charge is 0.299 e. The third-order valence-electron chi connectivity index (χ3n) is 5.22. The molecule has 9 heteroatoms. The van der Waals surface area contributed by atoms with Crippen molar-refractivity contribution in [2.24, 2.45) is 0 Å². The van der Waals surface area contributed by atoms with Gasteiger partial charge in [0.1, 0.15) is 0 Å². The molecule has 4 heterocycles. The molecule has 0 amide bonds. The van der Waals surface area contributed by atoms with Gasteiger partial charge < -0.3 is 0 Å². The zero-order valence-electron chi connectivity index (χ0n) is 17.2. The van der Waals surface area contributed by atoms with Crippen molar-refractivity contribution in [2.75, 3.05) is 32.7 Å². The van der Waals surface area contributed by atoms with Crippen molar-refractivity contribution in [3.05, 3.63) is 56.0 Å². The summed E-state index contributed by atoms with van der Waals surface area (Å²) < 4.78 is 3.34. The number of thiazole rings is 1. The predicted molar refractivity (Wildman–Crippen MR) is 114 cm³/mol. The molecular weight excluding hydrogens is 386 g/mol. The maximum atomic E-state index is 12.3. The zero-order chi connectivity index (χ0) is 20.4. The Labute approximate surface area is 174 Å². The molecule has 154 valence electrons. The van der Waals surface area contributed by atoms with Crippen molar-refractivity contribution in [3.8, 4) is 5.82 Å². The summed E-state index contributed by atoms with van der Waals surface area (Å²) in [5, 5.41) is 10.1. The minimum Gasteiger partial charge on any atom is -0.299 e. The third-order valence-corrected chi connectivity index (χ3v) is 6.12. The van der Waals surface area contributed by atoms with Gasteiger partial charge in [0.2, 0.25) is 0 Å². The summed E-state index contributed by atoms with van der Waals surface area (Å²) in [4.78, 5) is 22.8. The van der Waals surface area contributed by atoms with Gasteiger partial charge in [-0.2, -0.15) is 5.10 Å². The molecule has 4 rings (SSSR count). The van der Waals surface area contributed by atoms with E-state index in [1.807, 2.05) is 33.0 Å². The van der Waals surface area contributed by atoms with Gasteiger partial charge >= 0.3 is 0 Å². The van der Waals surface area contributed by atoms with Crippen LogP contribution in [0.1, 0.15) is 21.3 Å². The van der Waals surface area contributed by atoms with Crippen LogP contribution in [0.15, 0.2) is 29.2 Å². The first-order valence-corrected chi connectivity index (χ1v) is 10.8. The highest BCUT2D eigenvalue weighted by molar-refractivity contribution is 7.11. The zero-order valence-corrected chi connectivity index (χ0v) is 18.0. The molecule has 1 aliphatic rings. The van der Waals surface area contributed by atoms with Gasteiger partial charge in [0.05, 0.1) is 17.2 Å². The number of aromatic nitrogens is 5. The Balaban J connectivity index is 1.33. The van der Waals surface area contributed by atoms with Crippen molar-refractivity contribution in [2.45, 2.75) is 33.9 Å². The molecule has 3 aromatic rings. The van der Waals surface area contributed by atoms with Crippen LogP contribution in [0.5, 0.6) is 0 Å². The third kappa shape index (κ3) is 4.80. The Kier molecular flexibility index (Phi) is 5.89. The molecule has 1 saturated heterocycles.